The SMILES string of the molecule is N#CCCC(C#N)CN1CCc2ncnc(N3CCOCC3)c2C1. The van der Waals surface area contributed by atoms with E-state index in [4.69, 9.17) is 10.00 Å². The largest absolute Gasteiger partial charge is 0.378 e. The lowest BCUT2D eigenvalue weighted by Gasteiger charge is -2.34. The molecule has 1 aromatic heterocycles. The van der Waals surface area contributed by atoms with Crippen molar-refractivity contribution in [3.05, 3.63) is 17.6 Å². The van der Waals surface area contributed by atoms with Gasteiger partial charge in [0.1, 0.15) is 12.1 Å². The predicted molar refractivity (Wildman–Crippen MR) is 88.0 cm³/mol. The molecule has 126 valence electrons. The van der Waals surface area contributed by atoms with Gasteiger partial charge in [-0.25, -0.2) is 9.97 Å². The van der Waals surface area contributed by atoms with Crippen LogP contribution in [0, 0.1) is 28.6 Å². The number of fused-ring (bicyclic) bond motifs is 1. The first-order valence-corrected chi connectivity index (χ1v) is 8.46. The molecule has 0 aliphatic carbocycles. The first kappa shape index (κ1) is 16.6. The maximum Gasteiger partial charge on any atom is 0.136 e. The molecule has 1 unspecified atom stereocenters. The van der Waals surface area contributed by atoms with E-state index in [1.54, 1.807) is 6.33 Å². The third-order valence-electron chi connectivity index (χ3n) is 4.63. The second-order valence-corrected chi connectivity index (χ2v) is 6.23. The van der Waals surface area contributed by atoms with Crippen LogP contribution in [0.2, 0.25) is 0 Å². The Balaban J connectivity index is 1.72. The summed E-state index contributed by atoms with van der Waals surface area (Å²) in [7, 11) is 0. The molecule has 0 N–H and O–H groups in total. The molecule has 0 saturated carbocycles. The van der Waals surface area contributed by atoms with Crippen molar-refractivity contribution in [2.24, 2.45) is 5.92 Å². The number of rotatable bonds is 5. The number of nitriles is 2. The normalized spacial score (nSPS) is 19.2. The van der Waals surface area contributed by atoms with Gasteiger partial charge in [0, 0.05) is 51.1 Å². The van der Waals surface area contributed by atoms with Gasteiger partial charge in [0.2, 0.25) is 0 Å². The summed E-state index contributed by atoms with van der Waals surface area (Å²) in [5, 5.41) is 18.0. The molecule has 3 heterocycles. The van der Waals surface area contributed by atoms with Gasteiger partial charge in [-0.3, -0.25) is 4.90 Å². The number of hydrogen-bond donors (Lipinski definition) is 0. The minimum Gasteiger partial charge on any atom is -0.378 e. The monoisotopic (exact) mass is 326 g/mol. The van der Waals surface area contributed by atoms with Crippen molar-refractivity contribution >= 4 is 5.82 Å². The number of aromatic nitrogens is 2. The lowest BCUT2D eigenvalue weighted by Crippen LogP contribution is -2.40. The van der Waals surface area contributed by atoms with Crippen molar-refractivity contribution in [1.82, 2.24) is 14.9 Å². The van der Waals surface area contributed by atoms with Crippen molar-refractivity contribution in [3.63, 3.8) is 0 Å². The Labute approximate surface area is 142 Å². The van der Waals surface area contributed by atoms with E-state index in [9.17, 15) is 5.26 Å². The molecule has 7 heteroatoms. The van der Waals surface area contributed by atoms with Gasteiger partial charge in [-0.1, -0.05) is 0 Å². The topological polar surface area (TPSA) is 89.1 Å². The van der Waals surface area contributed by atoms with Crippen molar-refractivity contribution in [3.8, 4) is 12.1 Å². The fraction of sp³-hybridized carbons (Fsp3) is 0.647. The van der Waals surface area contributed by atoms with Crippen LogP contribution in [0.4, 0.5) is 5.82 Å². The smallest absolute Gasteiger partial charge is 0.136 e. The molecule has 7 nitrogen and oxygen atoms in total. The first-order valence-electron chi connectivity index (χ1n) is 8.46. The molecule has 24 heavy (non-hydrogen) atoms. The van der Waals surface area contributed by atoms with Crippen molar-refractivity contribution in [2.75, 3.05) is 44.3 Å². The fourth-order valence-electron chi connectivity index (χ4n) is 3.33. The van der Waals surface area contributed by atoms with Gasteiger partial charge in [0.25, 0.3) is 0 Å². The standard InChI is InChI=1S/C17H22N6O/c18-4-1-2-14(10-19)11-22-5-3-16-15(12-22)17(21-13-20-16)23-6-8-24-9-7-23/h13-14H,1-3,5-9,11-12H2. The molecular formula is C17H22N6O. The molecule has 1 aromatic rings. The van der Waals surface area contributed by atoms with E-state index in [0.29, 0.717) is 19.4 Å². The zero-order chi connectivity index (χ0) is 16.8. The minimum atomic E-state index is -0.0948. The van der Waals surface area contributed by atoms with E-state index in [0.717, 1.165) is 57.3 Å². The van der Waals surface area contributed by atoms with Gasteiger partial charge in [-0.2, -0.15) is 10.5 Å². The Morgan fingerprint density at radius 1 is 1.21 bits per heavy atom. The number of morpholine rings is 1. The highest BCUT2D eigenvalue weighted by Gasteiger charge is 2.26. The molecule has 0 amide bonds. The molecule has 1 fully saturated rings. The van der Waals surface area contributed by atoms with Gasteiger partial charge in [-0.05, 0) is 6.42 Å². The Morgan fingerprint density at radius 3 is 2.79 bits per heavy atom. The van der Waals surface area contributed by atoms with E-state index in [2.05, 4.69) is 31.9 Å². The molecule has 0 aromatic carbocycles. The Kier molecular flexibility index (Phi) is 5.58. The second kappa shape index (κ2) is 8.05. The summed E-state index contributed by atoms with van der Waals surface area (Å²) in [4.78, 5) is 13.5. The van der Waals surface area contributed by atoms with E-state index in [1.807, 2.05) is 0 Å². The Morgan fingerprint density at radius 2 is 2.04 bits per heavy atom. The highest BCUT2D eigenvalue weighted by Crippen LogP contribution is 2.27. The van der Waals surface area contributed by atoms with Crippen molar-refractivity contribution in [1.29, 1.82) is 10.5 Å². The molecule has 3 rings (SSSR count). The number of ether oxygens (including phenoxy) is 1. The number of hydrogen-bond acceptors (Lipinski definition) is 7. The lowest BCUT2D eigenvalue weighted by atomic mass is 10.0. The Bertz CT molecular complexity index is 643. The molecule has 0 spiro atoms. The third kappa shape index (κ3) is 3.81. The van der Waals surface area contributed by atoms with Crippen LogP contribution in [-0.4, -0.2) is 54.3 Å². The summed E-state index contributed by atoms with van der Waals surface area (Å²) < 4.78 is 5.43. The predicted octanol–water partition coefficient (Wildman–Crippen LogP) is 1.11. The molecule has 2 aliphatic heterocycles. The van der Waals surface area contributed by atoms with Crippen molar-refractivity contribution < 1.29 is 4.74 Å². The summed E-state index contributed by atoms with van der Waals surface area (Å²) in [6, 6.07) is 4.46. The average Bonchev–Trinajstić information content (AvgIpc) is 2.65. The zero-order valence-electron chi connectivity index (χ0n) is 13.8. The molecule has 2 aliphatic rings. The van der Waals surface area contributed by atoms with Gasteiger partial charge in [-0.15, -0.1) is 0 Å². The highest BCUT2D eigenvalue weighted by atomic mass is 16.5. The quantitative estimate of drug-likeness (QED) is 0.801. The van der Waals surface area contributed by atoms with Crippen molar-refractivity contribution in [2.45, 2.75) is 25.8 Å². The zero-order valence-corrected chi connectivity index (χ0v) is 13.8. The maximum atomic E-state index is 9.30. The van der Waals surface area contributed by atoms with Crippen LogP contribution in [-0.2, 0) is 17.7 Å². The van der Waals surface area contributed by atoms with E-state index < -0.39 is 0 Å². The summed E-state index contributed by atoms with van der Waals surface area (Å²) in [5.41, 5.74) is 2.30. The van der Waals surface area contributed by atoms with Gasteiger partial charge >= 0.3 is 0 Å². The van der Waals surface area contributed by atoms with Crippen LogP contribution < -0.4 is 4.90 Å². The molecule has 1 saturated heterocycles. The second-order valence-electron chi connectivity index (χ2n) is 6.23. The fourth-order valence-corrected chi connectivity index (χ4v) is 3.33. The summed E-state index contributed by atoms with van der Waals surface area (Å²) >= 11 is 0. The molecular weight excluding hydrogens is 304 g/mol. The van der Waals surface area contributed by atoms with Crippen LogP contribution in [0.1, 0.15) is 24.1 Å². The first-order chi connectivity index (χ1) is 11.8. The highest BCUT2D eigenvalue weighted by molar-refractivity contribution is 5.49. The van der Waals surface area contributed by atoms with Gasteiger partial charge in [0.05, 0.1) is 37.0 Å². The maximum absolute atomic E-state index is 9.30. The van der Waals surface area contributed by atoms with Gasteiger partial charge in [0.15, 0.2) is 0 Å². The number of nitrogens with zero attached hydrogens (tertiary/aromatic N) is 6. The molecule has 1 atom stereocenters. The minimum absolute atomic E-state index is 0.0948. The third-order valence-corrected chi connectivity index (χ3v) is 4.63. The van der Waals surface area contributed by atoms with Crippen LogP contribution in [0.5, 0.6) is 0 Å². The lowest BCUT2D eigenvalue weighted by molar-refractivity contribution is 0.122. The van der Waals surface area contributed by atoms with Crippen LogP contribution >= 0.6 is 0 Å². The van der Waals surface area contributed by atoms with Crippen LogP contribution in [0.15, 0.2) is 6.33 Å². The van der Waals surface area contributed by atoms with E-state index in [-0.39, 0.29) is 5.92 Å². The number of anilines is 1. The molecule has 0 bridgehead atoms. The van der Waals surface area contributed by atoms with Gasteiger partial charge < -0.3 is 9.64 Å². The van der Waals surface area contributed by atoms with Crippen LogP contribution in [0.25, 0.3) is 0 Å². The molecule has 0 radical (unpaired) electrons. The average molecular weight is 326 g/mol. The Hall–Kier alpha value is -2.22. The van der Waals surface area contributed by atoms with E-state index >= 15 is 0 Å². The summed E-state index contributed by atoms with van der Waals surface area (Å²) in [6.07, 6.45) is 3.61. The summed E-state index contributed by atoms with van der Waals surface area (Å²) in [5.74, 6) is 0.918. The van der Waals surface area contributed by atoms with Crippen LogP contribution in [0.3, 0.4) is 0 Å². The summed E-state index contributed by atoms with van der Waals surface area (Å²) in [6.45, 7) is 5.54. The van der Waals surface area contributed by atoms with E-state index in [1.165, 1.54) is 5.56 Å².